The van der Waals surface area contributed by atoms with Crippen molar-refractivity contribution in [1.29, 1.82) is 0 Å². The molecule has 25 heavy (non-hydrogen) atoms. The number of aromatic nitrogens is 2. The molecule has 0 spiro atoms. The third-order valence-electron chi connectivity index (χ3n) is 4.74. The van der Waals surface area contributed by atoms with Gasteiger partial charge in [-0.05, 0) is 12.8 Å². The zero-order valence-electron chi connectivity index (χ0n) is 14.0. The van der Waals surface area contributed by atoms with Gasteiger partial charge in [0.1, 0.15) is 5.69 Å². The van der Waals surface area contributed by atoms with Crippen molar-refractivity contribution in [2.45, 2.75) is 19.0 Å². The van der Waals surface area contributed by atoms with Crippen molar-refractivity contribution in [1.82, 2.24) is 14.9 Å². The Hall–Kier alpha value is -2.96. The van der Waals surface area contributed by atoms with E-state index < -0.39 is 6.17 Å². The van der Waals surface area contributed by atoms with Crippen molar-refractivity contribution in [2.24, 2.45) is 0 Å². The Morgan fingerprint density at radius 3 is 2.60 bits per heavy atom. The average molecular weight is 337 g/mol. The van der Waals surface area contributed by atoms with E-state index in [-0.39, 0.29) is 6.03 Å². The lowest BCUT2D eigenvalue weighted by Gasteiger charge is -2.28. The summed E-state index contributed by atoms with van der Waals surface area (Å²) in [5, 5.41) is 0. The summed E-state index contributed by atoms with van der Waals surface area (Å²) in [4.78, 5) is 38.6. The van der Waals surface area contributed by atoms with E-state index in [0.717, 1.165) is 37.8 Å². The first-order valence-corrected chi connectivity index (χ1v) is 8.39. The lowest BCUT2D eigenvalue weighted by atomic mass is 10.2. The van der Waals surface area contributed by atoms with E-state index in [2.05, 4.69) is 9.97 Å². The van der Waals surface area contributed by atoms with Gasteiger partial charge in [-0.15, -0.1) is 0 Å². The normalized spacial score (nSPS) is 19.2. The number of urea groups is 1. The third kappa shape index (κ3) is 2.52. The topological polar surface area (TPSA) is 69.6 Å². The van der Waals surface area contributed by atoms with Gasteiger partial charge in [-0.1, -0.05) is 30.3 Å². The monoisotopic (exact) mass is 337 g/mol. The minimum absolute atomic E-state index is 0.156. The predicted octanol–water partition coefficient (Wildman–Crippen LogP) is 2.14. The van der Waals surface area contributed by atoms with Gasteiger partial charge < -0.3 is 9.80 Å². The number of rotatable bonds is 2. The van der Waals surface area contributed by atoms with Crippen molar-refractivity contribution >= 4 is 23.8 Å². The number of carbonyl (C=O) groups excluding carboxylic acids is 2. The molecular weight excluding hydrogens is 318 g/mol. The molecule has 2 amide bonds. The summed E-state index contributed by atoms with van der Waals surface area (Å²) in [6, 6.07) is 9.49. The van der Waals surface area contributed by atoms with E-state index in [9.17, 15) is 9.59 Å². The van der Waals surface area contributed by atoms with Crippen LogP contribution in [0, 0.1) is 0 Å². The zero-order valence-corrected chi connectivity index (χ0v) is 14.0. The number of likely N-dealkylation sites (tertiary alicyclic amines) is 1. The molecule has 4 rings (SSSR count). The summed E-state index contributed by atoms with van der Waals surface area (Å²) in [6.45, 7) is 1.45. The number of benzene rings is 1. The molecule has 1 atom stereocenters. The van der Waals surface area contributed by atoms with Crippen molar-refractivity contribution < 1.29 is 9.59 Å². The summed E-state index contributed by atoms with van der Waals surface area (Å²) >= 11 is 0. The van der Waals surface area contributed by atoms with Gasteiger partial charge >= 0.3 is 6.03 Å². The maximum absolute atomic E-state index is 12.9. The van der Waals surface area contributed by atoms with Crippen molar-refractivity contribution in [3.05, 3.63) is 36.5 Å². The summed E-state index contributed by atoms with van der Waals surface area (Å²) in [7, 11) is 1.77. The summed E-state index contributed by atoms with van der Waals surface area (Å²) in [5.74, 6) is 1.17. The Labute approximate surface area is 145 Å². The number of anilines is 2. The SMILES string of the molecule is CN1c2nc(-c3ccccc3)ncc2N(C(=O)N2CCCC2)C1C=O. The smallest absolute Gasteiger partial charge is 0.326 e. The molecule has 7 nitrogen and oxygen atoms in total. The Balaban J connectivity index is 1.74. The quantitative estimate of drug-likeness (QED) is 0.785. The minimum Gasteiger partial charge on any atom is -0.331 e. The van der Waals surface area contributed by atoms with Crippen LogP contribution in [-0.2, 0) is 4.79 Å². The van der Waals surface area contributed by atoms with Crippen LogP contribution in [0.4, 0.5) is 16.3 Å². The molecule has 1 aromatic heterocycles. The van der Waals surface area contributed by atoms with Gasteiger partial charge in [-0.3, -0.25) is 9.69 Å². The lowest BCUT2D eigenvalue weighted by molar-refractivity contribution is -0.108. The second kappa shape index (κ2) is 6.16. The molecule has 128 valence electrons. The first-order valence-electron chi connectivity index (χ1n) is 8.39. The van der Waals surface area contributed by atoms with Crippen LogP contribution in [0.1, 0.15) is 12.8 Å². The molecule has 7 heteroatoms. The molecule has 2 aliphatic rings. The van der Waals surface area contributed by atoms with E-state index in [4.69, 9.17) is 0 Å². The number of likely N-dealkylation sites (N-methyl/N-ethyl adjacent to an activating group) is 1. The second-order valence-electron chi connectivity index (χ2n) is 6.28. The van der Waals surface area contributed by atoms with Crippen LogP contribution in [0.15, 0.2) is 36.5 Å². The fourth-order valence-corrected chi connectivity index (χ4v) is 3.39. The number of aldehydes is 1. The van der Waals surface area contributed by atoms with Gasteiger partial charge in [-0.2, -0.15) is 0 Å². The number of nitrogens with zero attached hydrogens (tertiary/aromatic N) is 5. The fourth-order valence-electron chi connectivity index (χ4n) is 3.39. The van der Waals surface area contributed by atoms with Gasteiger partial charge in [0.05, 0.1) is 6.20 Å². The second-order valence-corrected chi connectivity index (χ2v) is 6.28. The predicted molar refractivity (Wildman–Crippen MR) is 94.4 cm³/mol. The summed E-state index contributed by atoms with van der Waals surface area (Å²) in [5.41, 5.74) is 1.47. The molecule has 0 bridgehead atoms. The average Bonchev–Trinajstić information content (AvgIpc) is 3.28. The number of fused-ring (bicyclic) bond motifs is 1. The highest BCUT2D eigenvalue weighted by Crippen LogP contribution is 2.38. The van der Waals surface area contributed by atoms with Crippen LogP contribution in [0.3, 0.4) is 0 Å². The van der Waals surface area contributed by atoms with Crippen LogP contribution >= 0.6 is 0 Å². The highest BCUT2D eigenvalue weighted by atomic mass is 16.2. The van der Waals surface area contributed by atoms with E-state index in [1.807, 2.05) is 30.3 Å². The van der Waals surface area contributed by atoms with Crippen molar-refractivity contribution in [3.8, 4) is 11.4 Å². The molecule has 1 aromatic carbocycles. The maximum Gasteiger partial charge on any atom is 0.326 e. The molecule has 0 radical (unpaired) electrons. The number of hydrogen-bond donors (Lipinski definition) is 0. The Morgan fingerprint density at radius 1 is 1.20 bits per heavy atom. The van der Waals surface area contributed by atoms with Crippen LogP contribution in [0.5, 0.6) is 0 Å². The molecule has 0 N–H and O–H groups in total. The molecule has 1 fully saturated rings. The zero-order chi connectivity index (χ0) is 17.4. The largest absolute Gasteiger partial charge is 0.331 e. The van der Waals surface area contributed by atoms with E-state index in [1.54, 1.807) is 23.0 Å². The van der Waals surface area contributed by atoms with Gasteiger partial charge in [0.15, 0.2) is 24.1 Å². The van der Waals surface area contributed by atoms with E-state index >= 15 is 0 Å². The first-order chi connectivity index (χ1) is 12.2. The molecule has 3 heterocycles. The van der Waals surface area contributed by atoms with Gasteiger partial charge in [0.2, 0.25) is 0 Å². The Kier molecular flexibility index (Phi) is 3.83. The lowest BCUT2D eigenvalue weighted by Crippen LogP contribution is -2.50. The molecule has 0 aliphatic carbocycles. The number of hydrogen-bond acceptors (Lipinski definition) is 5. The van der Waals surface area contributed by atoms with E-state index in [1.165, 1.54) is 4.90 Å². The molecule has 2 aliphatic heterocycles. The molecule has 2 aromatic rings. The van der Waals surface area contributed by atoms with Crippen LogP contribution in [0.25, 0.3) is 11.4 Å². The van der Waals surface area contributed by atoms with Crippen LogP contribution in [0.2, 0.25) is 0 Å². The summed E-state index contributed by atoms with van der Waals surface area (Å²) in [6.07, 6.45) is 3.72. The maximum atomic E-state index is 12.9. The third-order valence-corrected chi connectivity index (χ3v) is 4.74. The molecule has 0 saturated carbocycles. The highest BCUT2D eigenvalue weighted by molar-refractivity contribution is 6.03. The standard InChI is InChI=1S/C18H19N5O2/c1-21-15(12-24)23(18(25)22-9-5-6-10-22)14-11-19-16(20-17(14)21)13-7-3-2-4-8-13/h2-4,7-8,11-12,15H,5-6,9-10H2,1H3. The van der Waals surface area contributed by atoms with Crippen LogP contribution < -0.4 is 9.80 Å². The Bertz CT molecular complexity index is 804. The van der Waals surface area contributed by atoms with Gasteiger partial charge in [0.25, 0.3) is 0 Å². The molecular formula is C18H19N5O2. The van der Waals surface area contributed by atoms with Gasteiger partial charge in [-0.25, -0.2) is 14.8 Å². The minimum atomic E-state index is -0.691. The number of amides is 2. The molecule has 1 unspecified atom stereocenters. The first kappa shape index (κ1) is 15.6. The van der Waals surface area contributed by atoms with Crippen molar-refractivity contribution in [3.63, 3.8) is 0 Å². The molecule has 1 saturated heterocycles. The Morgan fingerprint density at radius 2 is 1.92 bits per heavy atom. The fraction of sp³-hybridized carbons (Fsp3) is 0.333. The highest BCUT2D eigenvalue weighted by Gasteiger charge is 2.41. The van der Waals surface area contributed by atoms with Gasteiger partial charge in [0, 0.05) is 25.7 Å². The van der Waals surface area contributed by atoms with Crippen LogP contribution in [-0.4, -0.2) is 53.5 Å². The summed E-state index contributed by atoms with van der Waals surface area (Å²) < 4.78 is 0. The van der Waals surface area contributed by atoms with Crippen molar-refractivity contribution in [2.75, 3.05) is 29.9 Å². The number of carbonyl (C=O) groups is 2. The van der Waals surface area contributed by atoms with E-state index in [0.29, 0.717) is 17.3 Å².